The Hall–Kier alpha value is -1.07. The molecule has 0 radical (unpaired) electrons. The standard InChI is InChI=1S/C7H9NO3S/c1-5-2-3-7(6(8)4-5)11-12(9)10/h2-4H,8H2,1H3,(H,9,10). The summed E-state index contributed by atoms with van der Waals surface area (Å²) < 4.78 is 23.1. The van der Waals surface area contributed by atoms with Crippen molar-refractivity contribution < 1.29 is 12.9 Å². The van der Waals surface area contributed by atoms with Crippen LogP contribution in [0.3, 0.4) is 0 Å². The minimum Gasteiger partial charge on any atom is -0.396 e. The largest absolute Gasteiger partial charge is 0.396 e. The maximum absolute atomic E-state index is 10.2. The Kier molecular flexibility index (Phi) is 2.67. The molecule has 1 rings (SSSR count). The smallest absolute Gasteiger partial charge is 0.357 e. The van der Waals surface area contributed by atoms with Gasteiger partial charge < -0.3 is 9.92 Å². The van der Waals surface area contributed by atoms with Crippen molar-refractivity contribution in [3.05, 3.63) is 23.8 Å². The van der Waals surface area contributed by atoms with E-state index in [-0.39, 0.29) is 5.75 Å². The zero-order valence-electron chi connectivity index (χ0n) is 6.48. The van der Waals surface area contributed by atoms with Crippen molar-refractivity contribution in [1.29, 1.82) is 0 Å². The number of nitrogens with two attached hydrogens (primary N) is 1. The van der Waals surface area contributed by atoms with Crippen LogP contribution in [0.15, 0.2) is 18.2 Å². The van der Waals surface area contributed by atoms with E-state index in [9.17, 15) is 4.21 Å². The third-order valence-electron chi connectivity index (χ3n) is 1.33. The number of anilines is 1. The van der Waals surface area contributed by atoms with Crippen LogP contribution in [0.4, 0.5) is 5.69 Å². The first-order chi connectivity index (χ1) is 5.59. The summed E-state index contributed by atoms with van der Waals surface area (Å²) in [7, 11) is 0. The second-order valence-corrected chi connectivity index (χ2v) is 2.94. The van der Waals surface area contributed by atoms with Gasteiger partial charge in [0.1, 0.15) is 0 Å². The van der Waals surface area contributed by atoms with E-state index < -0.39 is 11.4 Å². The number of rotatable bonds is 2. The lowest BCUT2D eigenvalue weighted by molar-refractivity contribution is 0.459. The van der Waals surface area contributed by atoms with Crippen molar-refractivity contribution in [3.8, 4) is 5.75 Å². The van der Waals surface area contributed by atoms with E-state index in [1.54, 1.807) is 18.2 Å². The monoisotopic (exact) mass is 187 g/mol. The van der Waals surface area contributed by atoms with Gasteiger partial charge in [0.25, 0.3) is 0 Å². The molecule has 1 atom stereocenters. The fourth-order valence-corrected chi connectivity index (χ4v) is 1.13. The van der Waals surface area contributed by atoms with Gasteiger partial charge in [0.2, 0.25) is 0 Å². The van der Waals surface area contributed by atoms with Crippen molar-refractivity contribution >= 4 is 17.0 Å². The fourth-order valence-electron chi connectivity index (χ4n) is 0.821. The normalized spacial score (nSPS) is 12.5. The van der Waals surface area contributed by atoms with E-state index in [1.807, 2.05) is 6.92 Å². The highest BCUT2D eigenvalue weighted by atomic mass is 32.2. The van der Waals surface area contributed by atoms with Crippen LogP contribution in [0, 0.1) is 6.92 Å². The van der Waals surface area contributed by atoms with Gasteiger partial charge in [0.05, 0.1) is 5.69 Å². The SMILES string of the molecule is Cc1ccc(OS(=O)O)c(N)c1. The van der Waals surface area contributed by atoms with Crippen LogP contribution in [-0.4, -0.2) is 8.76 Å². The van der Waals surface area contributed by atoms with Crippen molar-refractivity contribution in [1.82, 2.24) is 0 Å². The number of hydrogen-bond donors (Lipinski definition) is 2. The molecule has 0 aliphatic carbocycles. The number of nitrogen functional groups attached to an aromatic ring is 1. The number of aryl methyl sites for hydroxylation is 1. The Morgan fingerprint density at radius 1 is 1.58 bits per heavy atom. The molecule has 0 aromatic heterocycles. The molecule has 0 aliphatic rings. The molecule has 0 fully saturated rings. The summed E-state index contributed by atoms with van der Waals surface area (Å²) in [5.41, 5.74) is 6.83. The Morgan fingerprint density at radius 3 is 2.75 bits per heavy atom. The number of benzene rings is 1. The molecule has 1 aromatic rings. The van der Waals surface area contributed by atoms with Gasteiger partial charge in [-0.25, -0.2) is 0 Å². The van der Waals surface area contributed by atoms with Crippen molar-refractivity contribution in [2.24, 2.45) is 0 Å². The maximum atomic E-state index is 10.2. The first-order valence-electron chi connectivity index (χ1n) is 3.25. The third kappa shape index (κ3) is 2.21. The van der Waals surface area contributed by atoms with Crippen LogP contribution >= 0.6 is 0 Å². The maximum Gasteiger partial charge on any atom is 0.357 e. The minimum absolute atomic E-state index is 0.224. The predicted octanol–water partition coefficient (Wildman–Crippen LogP) is 1.09. The third-order valence-corrected chi connectivity index (χ3v) is 1.65. The highest BCUT2D eigenvalue weighted by molar-refractivity contribution is 7.74. The molecule has 5 heteroatoms. The van der Waals surface area contributed by atoms with E-state index in [1.165, 1.54) is 0 Å². The van der Waals surface area contributed by atoms with E-state index in [4.69, 9.17) is 10.3 Å². The highest BCUT2D eigenvalue weighted by Gasteiger charge is 2.02. The lowest BCUT2D eigenvalue weighted by Gasteiger charge is -2.03. The topological polar surface area (TPSA) is 72.5 Å². The summed E-state index contributed by atoms with van der Waals surface area (Å²) in [6.45, 7) is 1.87. The summed E-state index contributed by atoms with van der Waals surface area (Å²) in [4.78, 5) is 0. The Balaban J connectivity index is 2.93. The van der Waals surface area contributed by atoms with Crippen LogP contribution in [0.5, 0.6) is 5.75 Å². The van der Waals surface area contributed by atoms with E-state index in [0.717, 1.165) is 5.56 Å². The molecule has 3 N–H and O–H groups in total. The molecule has 0 bridgehead atoms. The van der Waals surface area contributed by atoms with Crippen molar-refractivity contribution in [2.75, 3.05) is 5.73 Å². The van der Waals surface area contributed by atoms with E-state index in [0.29, 0.717) is 5.69 Å². The van der Waals surface area contributed by atoms with Crippen molar-refractivity contribution in [2.45, 2.75) is 6.92 Å². The first-order valence-corrected chi connectivity index (χ1v) is 4.28. The Morgan fingerprint density at radius 2 is 2.25 bits per heavy atom. The molecule has 1 unspecified atom stereocenters. The zero-order chi connectivity index (χ0) is 9.14. The van der Waals surface area contributed by atoms with Gasteiger partial charge in [-0.1, -0.05) is 6.07 Å². The van der Waals surface area contributed by atoms with Crippen LogP contribution in [0.2, 0.25) is 0 Å². The van der Waals surface area contributed by atoms with Crippen LogP contribution in [0.1, 0.15) is 5.56 Å². The molecular formula is C7H9NO3S. The van der Waals surface area contributed by atoms with Gasteiger partial charge in [-0.15, -0.1) is 0 Å². The minimum atomic E-state index is -2.31. The summed E-state index contributed by atoms with van der Waals surface area (Å²) in [6.07, 6.45) is 0. The molecule has 1 aromatic carbocycles. The molecule has 4 nitrogen and oxygen atoms in total. The molecular weight excluding hydrogens is 178 g/mol. The average Bonchev–Trinajstić information content (AvgIpc) is 1.94. The molecule has 0 spiro atoms. The predicted molar refractivity (Wildman–Crippen MR) is 47.0 cm³/mol. The first kappa shape index (κ1) is 9.02. The van der Waals surface area contributed by atoms with Gasteiger partial charge in [-0.3, -0.25) is 4.55 Å². The second kappa shape index (κ2) is 3.55. The van der Waals surface area contributed by atoms with Crippen LogP contribution < -0.4 is 9.92 Å². The Labute approximate surface area is 72.8 Å². The molecule has 0 saturated heterocycles. The van der Waals surface area contributed by atoms with Gasteiger partial charge in [-0.05, 0) is 24.6 Å². The molecule has 0 aliphatic heterocycles. The second-order valence-electron chi connectivity index (χ2n) is 2.34. The fraction of sp³-hybridized carbons (Fsp3) is 0.143. The van der Waals surface area contributed by atoms with Crippen LogP contribution in [0.25, 0.3) is 0 Å². The summed E-state index contributed by atoms with van der Waals surface area (Å²) in [6, 6.07) is 4.97. The number of hydrogen-bond acceptors (Lipinski definition) is 3. The molecule has 0 saturated carbocycles. The van der Waals surface area contributed by atoms with Gasteiger partial charge >= 0.3 is 11.4 Å². The average molecular weight is 187 g/mol. The van der Waals surface area contributed by atoms with Gasteiger partial charge in [-0.2, -0.15) is 4.21 Å². The van der Waals surface area contributed by atoms with Crippen molar-refractivity contribution in [3.63, 3.8) is 0 Å². The molecule has 0 amide bonds. The lowest BCUT2D eigenvalue weighted by atomic mass is 10.2. The van der Waals surface area contributed by atoms with E-state index >= 15 is 0 Å². The van der Waals surface area contributed by atoms with Crippen LogP contribution in [-0.2, 0) is 11.4 Å². The highest BCUT2D eigenvalue weighted by Crippen LogP contribution is 2.22. The quantitative estimate of drug-likeness (QED) is 0.537. The molecule has 66 valence electrons. The molecule has 12 heavy (non-hydrogen) atoms. The molecule has 0 heterocycles. The Bertz CT molecular complexity index is 314. The van der Waals surface area contributed by atoms with E-state index in [2.05, 4.69) is 4.18 Å². The summed E-state index contributed by atoms with van der Waals surface area (Å²) >= 11 is -2.31. The summed E-state index contributed by atoms with van der Waals surface area (Å²) in [5.74, 6) is 0.224. The lowest BCUT2D eigenvalue weighted by Crippen LogP contribution is -2.00. The summed E-state index contributed by atoms with van der Waals surface area (Å²) in [5, 5.41) is 0. The zero-order valence-corrected chi connectivity index (χ0v) is 7.30. The van der Waals surface area contributed by atoms with Gasteiger partial charge in [0.15, 0.2) is 5.75 Å². The van der Waals surface area contributed by atoms with Gasteiger partial charge in [0, 0.05) is 0 Å².